The molecule has 104 valence electrons. The first-order valence-electron chi connectivity index (χ1n) is 6.14. The minimum atomic E-state index is -0.560. The van der Waals surface area contributed by atoms with Crippen LogP contribution in [-0.4, -0.2) is 24.9 Å². The average molecular weight is 267 g/mol. The van der Waals surface area contributed by atoms with Gasteiger partial charge in [0.2, 0.25) is 5.91 Å². The maximum absolute atomic E-state index is 12.9. The Morgan fingerprint density at radius 1 is 1.26 bits per heavy atom. The maximum Gasteiger partial charge on any atom is 0.251 e. The van der Waals surface area contributed by atoms with Gasteiger partial charge in [0.15, 0.2) is 0 Å². The van der Waals surface area contributed by atoms with Crippen LogP contribution in [0.25, 0.3) is 0 Å². The molecule has 6 heteroatoms. The molecule has 1 aromatic carbocycles. The van der Waals surface area contributed by atoms with Crippen LogP contribution >= 0.6 is 0 Å². The summed E-state index contributed by atoms with van der Waals surface area (Å²) in [7, 11) is 0. The van der Waals surface area contributed by atoms with Gasteiger partial charge in [0.1, 0.15) is 5.82 Å². The van der Waals surface area contributed by atoms with Crippen LogP contribution in [0.1, 0.15) is 30.1 Å². The molecule has 5 nitrogen and oxygen atoms in total. The van der Waals surface area contributed by atoms with E-state index in [4.69, 9.17) is 5.73 Å². The molecule has 0 saturated carbocycles. The van der Waals surface area contributed by atoms with Crippen molar-refractivity contribution < 1.29 is 14.0 Å². The molecule has 2 amide bonds. The molecular weight excluding hydrogens is 249 g/mol. The van der Waals surface area contributed by atoms with Gasteiger partial charge >= 0.3 is 0 Å². The Hall–Kier alpha value is -2.11. The van der Waals surface area contributed by atoms with E-state index in [0.29, 0.717) is 6.54 Å². The second-order valence-corrected chi connectivity index (χ2v) is 4.09. The first kappa shape index (κ1) is 14.9. The number of nitrogen functional groups attached to an aromatic ring is 1. The average Bonchev–Trinajstić information content (AvgIpc) is 2.39. The van der Waals surface area contributed by atoms with E-state index in [1.807, 2.05) is 6.92 Å². The normalized spacial score (nSPS) is 10.0. The van der Waals surface area contributed by atoms with Crippen LogP contribution in [0.15, 0.2) is 18.2 Å². The molecular formula is C13H18FN3O2. The number of hydrogen-bond donors (Lipinski definition) is 3. The number of amides is 2. The number of carbonyl (C=O) groups is 2. The van der Waals surface area contributed by atoms with E-state index in [2.05, 4.69) is 10.6 Å². The van der Waals surface area contributed by atoms with Crippen molar-refractivity contribution in [1.29, 1.82) is 0 Å². The van der Waals surface area contributed by atoms with E-state index >= 15 is 0 Å². The van der Waals surface area contributed by atoms with E-state index in [-0.39, 0.29) is 36.0 Å². The van der Waals surface area contributed by atoms with E-state index < -0.39 is 5.82 Å². The minimum Gasteiger partial charge on any atom is -0.396 e. The molecule has 4 N–H and O–H groups in total. The van der Waals surface area contributed by atoms with Crippen LogP contribution in [0, 0.1) is 5.82 Å². The van der Waals surface area contributed by atoms with Gasteiger partial charge in [-0.2, -0.15) is 0 Å². The topological polar surface area (TPSA) is 84.2 Å². The zero-order valence-electron chi connectivity index (χ0n) is 10.8. The molecule has 0 aliphatic carbocycles. The predicted molar refractivity (Wildman–Crippen MR) is 71.1 cm³/mol. The quantitative estimate of drug-likeness (QED) is 0.674. The number of halogens is 1. The Morgan fingerprint density at radius 3 is 2.63 bits per heavy atom. The van der Waals surface area contributed by atoms with Gasteiger partial charge in [-0.1, -0.05) is 6.92 Å². The lowest BCUT2D eigenvalue weighted by molar-refractivity contribution is -0.120. The highest BCUT2D eigenvalue weighted by atomic mass is 19.1. The fraction of sp³-hybridized carbons (Fsp3) is 0.385. The summed E-state index contributed by atoms with van der Waals surface area (Å²) >= 11 is 0. The number of anilines is 1. The molecule has 0 unspecified atom stereocenters. The van der Waals surface area contributed by atoms with Crippen molar-refractivity contribution >= 4 is 17.5 Å². The largest absolute Gasteiger partial charge is 0.396 e. The third-order valence-corrected chi connectivity index (χ3v) is 2.47. The summed E-state index contributed by atoms with van der Waals surface area (Å²) in [5, 5.41) is 5.28. The monoisotopic (exact) mass is 267 g/mol. The molecule has 1 rings (SSSR count). The van der Waals surface area contributed by atoms with Crippen molar-refractivity contribution in [2.24, 2.45) is 0 Å². The fourth-order valence-corrected chi connectivity index (χ4v) is 1.43. The Kier molecular flexibility index (Phi) is 5.78. The second kappa shape index (κ2) is 7.35. The van der Waals surface area contributed by atoms with E-state index in [9.17, 15) is 14.0 Å². The van der Waals surface area contributed by atoms with Gasteiger partial charge in [-0.3, -0.25) is 9.59 Å². The highest BCUT2D eigenvalue weighted by Crippen LogP contribution is 2.11. The molecule has 0 heterocycles. The zero-order valence-corrected chi connectivity index (χ0v) is 10.8. The molecule has 0 aliphatic heterocycles. The zero-order chi connectivity index (χ0) is 14.3. The molecule has 19 heavy (non-hydrogen) atoms. The van der Waals surface area contributed by atoms with Crippen LogP contribution in [-0.2, 0) is 4.79 Å². The summed E-state index contributed by atoms with van der Waals surface area (Å²) in [5.74, 6) is -1.05. The van der Waals surface area contributed by atoms with Gasteiger partial charge in [-0.05, 0) is 24.6 Å². The summed E-state index contributed by atoms with van der Waals surface area (Å²) in [6.45, 7) is 2.81. The van der Waals surface area contributed by atoms with Crippen molar-refractivity contribution in [3.05, 3.63) is 29.6 Å². The van der Waals surface area contributed by atoms with Crippen LogP contribution in [0.4, 0.5) is 10.1 Å². The summed E-state index contributed by atoms with van der Waals surface area (Å²) in [6.07, 6.45) is 1.08. The molecule has 0 aliphatic rings. The van der Waals surface area contributed by atoms with E-state index in [1.165, 1.54) is 12.1 Å². The molecule has 0 bridgehead atoms. The molecule has 1 aromatic rings. The van der Waals surface area contributed by atoms with Gasteiger partial charge in [-0.25, -0.2) is 4.39 Å². The molecule has 0 atom stereocenters. The maximum atomic E-state index is 12.9. The van der Waals surface area contributed by atoms with Crippen LogP contribution in [0.5, 0.6) is 0 Å². The molecule has 0 spiro atoms. The number of rotatable bonds is 6. The third kappa shape index (κ3) is 4.95. The first-order valence-corrected chi connectivity index (χ1v) is 6.14. The molecule has 0 saturated heterocycles. The van der Waals surface area contributed by atoms with Crippen LogP contribution in [0.2, 0.25) is 0 Å². The Bertz CT molecular complexity index is 463. The summed E-state index contributed by atoms with van der Waals surface area (Å²) < 4.78 is 12.9. The highest BCUT2D eigenvalue weighted by molar-refractivity contribution is 5.95. The van der Waals surface area contributed by atoms with Crippen molar-refractivity contribution in [2.45, 2.75) is 19.8 Å². The predicted octanol–water partition coefficient (Wildman–Crippen LogP) is 1.05. The molecule has 0 radical (unpaired) electrons. The molecule has 0 aromatic heterocycles. The van der Waals surface area contributed by atoms with E-state index in [1.54, 1.807) is 0 Å². The highest BCUT2D eigenvalue weighted by Gasteiger charge is 2.08. The van der Waals surface area contributed by atoms with Gasteiger partial charge in [-0.15, -0.1) is 0 Å². The number of nitrogens with one attached hydrogen (secondary N) is 2. The van der Waals surface area contributed by atoms with Crippen molar-refractivity contribution in [3.63, 3.8) is 0 Å². The SMILES string of the molecule is CCCNC(=O)CCNC(=O)c1ccc(F)c(N)c1. The summed E-state index contributed by atoms with van der Waals surface area (Å²) in [5.41, 5.74) is 5.57. The number of hydrogen-bond acceptors (Lipinski definition) is 3. The standard InChI is InChI=1S/C13H18FN3O2/c1-2-6-16-12(18)5-7-17-13(19)9-3-4-10(14)11(15)8-9/h3-4,8H,2,5-7,15H2,1H3,(H,16,18)(H,17,19). The minimum absolute atomic E-state index is 0.0756. The Labute approximate surface area is 111 Å². The van der Waals surface area contributed by atoms with Crippen molar-refractivity contribution in [2.75, 3.05) is 18.8 Å². The van der Waals surface area contributed by atoms with Crippen molar-refractivity contribution in [1.82, 2.24) is 10.6 Å². The lowest BCUT2D eigenvalue weighted by Crippen LogP contribution is -2.31. The van der Waals surface area contributed by atoms with Gasteiger partial charge in [0, 0.05) is 25.1 Å². The van der Waals surface area contributed by atoms with Crippen molar-refractivity contribution in [3.8, 4) is 0 Å². The number of nitrogens with two attached hydrogens (primary N) is 1. The first-order chi connectivity index (χ1) is 9.04. The lowest BCUT2D eigenvalue weighted by Gasteiger charge is -2.06. The van der Waals surface area contributed by atoms with Crippen LogP contribution < -0.4 is 16.4 Å². The summed E-state index contributed by atoms with van der Waals surface area (Å²) in [6, 6.07) is 3.75. The fourth-order valence-electron chi connectivity index (χ4n) is 1.43. The van der Waals surface area contributed by atoms with Crippen LogP contribution in [0.3, 0.4) is 0 Å². The molecule has 0 fully saturated rings. The second-order valence-electron chi connectivity index (χ2n) is 4.09. The third-order valence-electron chi connectivity index (χ3n) is 2.47. The van der Waals surface area contributed by atoms with Gasteiger partial charge < -0.3 is 16.4 Å². The Balaban J connectivity index is 2.39. The summed E-state index contributed by atoms with van der Waals surface area (Å²) in [4.78, 5) is 23.0. The van der Waals surface area contributed by atoms with Gasteiger partial charge in [0.05, 0.1) is 5.69 Å². The Morgan fingerprint density at radius 2 is 2.00 bits per heavy atom. The smallest absolute Gasteiger partial charge is 0.251 e. The number of carbonyl (C=O) groups excluding carboxylic acids is 2. The van der Waals surface area contributed by atoms with Gasteiger partial charge in [0.25, 0.3) is 5.91 Å². The number of benzene rings is 1. The van der Waals surface area contributed by atoms with E-state index in [0.717, 1.165) is 12.5 Å². The lowest BCUT2D eigenvalue weighted by atomic mass is 10.2.